The summed E-state index contributed by atoms with van der Waals surface area (Å²) in [6.07, 6.45) is 0. The molecule has 2 nitrogen and oxygen atoms in total. The van der Waals surface area contributed by atoms with Crippen molar-refractivity contribution in [2.45, 2.75) is 33.7 Å². The molecule has 0 amide bonds. The normalized spacial score (nSPS) is 12.8. The Bertz CT molecular complexity index is 524. The Labute approximate surface area is 107 Å². The molecule has 0 fully saturated rings. The fraction of sp³-hybridized carbons (Fsp3) is 0.357. The summed E-state index contributed by atoms with van der Waals surface area (Å²) >= 11 is 1.69. The number of nitrogens with two attached hydrogens (primary N) is 1. The fourth-order valence-corrected chi connectivity index (χ4v) is 2.88. The van der Waals surface area contributed by atoms with E-state index in [-0.39, 0.29) is 6.04 Å². The fourth-order valence-electron chi connectivity index (χ4n) is 1.94. The van der Waals surface area contributed by atoms with Gasteiger partial charge in [0.1, 0.15) is 5.01 Å². The van der Waals surface area contributed by atoms with Gasteiger partial charge >= 0.3 is 0 Å². The molecule has 1 unspecified atom stereocenters. The van der Waals surface area contributed by atoms with E-state index in [0.29, 0.717) is 0 Å². The van der Waals surface area contributed by atoms with E-state index >= 15 is 0 Å². The summed E-state index contributed by atoms with van der Waals surface area (Å²) < 4.78 is 0. The minimum atomic E-state index is -0.104. The Morgan fingerprint density at radius 1 is 1.18 bits per heavy atom. The number of aryl methyl sites for hydroxylation is 4. The Kier molecular flexibility index (Phi) is 3.31. The van der Waals surface area contributed by atoms with Crippen LogP contribution in [0.15, 0.2) is 18.2 Å². The molecule has 0 aliphatic rings. The largest absolute Gasteiger partial charge is 0.318 e. The molecule has 0 spiro atoms. The first-order valence-corrected chi connectivity index (χ1v) is 6.57. The molecule has 1 atom stereocenters. The van der Waals surface area contributed by atoms with Gasteiger partial charge in [0.15, 0.2) is 0 Å². The van der Waals surface area contributed by atoms with Crippen LogP contribution in [-0.4, -0.2) is 4.98 Å². The quantitative estimate of drug-likeness (QED) is 0.881. The Hall–Kier alpha value is -1.19. The monoisotopic (exact) mass is 246 g/mol. The van der Waals surface area contributed by atoms with Crippen molar-refractivity contribution in [3.63, 3.8) is 0 Å². The van der Waals surface area contributed by atoms with Gasteiger partial charge in [-0.2, -0.15) is 0 Å². The number of aromatic nitrogens is 1. The summed E-state index contributed by atoms with van der Waals surface area (Å²) in [7, 11) is 0. The van der Waals surface area contributed by atoms with E-state index in [2.05, 4.69) is 44.0 Å². The maximum atomic E-state index is 6.30. The second-order valence-electron chi connectivity index (χ2n) is 4.53. The minimum absolute atomic E-state index is 0.104. The van der Waals surface area contributed by atoms with Crippen molar-refractivity contribution >= 4 is 11.3 Å². The minimum Gasteiger partial charge on any atom is -0.318 e. The van der Waals surface area contributed by atoms with Crippen molar-refractivity contribution in [1.29, 1.82) is 0 Å². The third kappa shape index (κ3) is 2.40. The Morgan fingerprint density at radius 2 is 1.88 bits per heavy atom. The highest BCUT2D eigenvalue weighted by Crippen LogP contribution is 2.28. The van der Waals surface area contributed by atoms with Crippen molar-refractivity contribution in [1.82, 2.24) is 4.98 Å². The molecular formula is C14H18N2S. The van der Waals surface area contributed by atoms with E-state index < -0.39 is 0 Å². The summed E-state index contributed by atoms with van der Waals surface area (Å²) in [5.74, 6) is 0. The summed E-state index contributed by atoms with van der Waals surface area (Å²) in [4.78, 5) is 5.79. The second kappa shape index (κ2) is 4.59. The van der Waals surface area contributed by atoms with Crippen molar-refractivity contribution in [3.8, 4) is 0 Å². The van der Waals surface area contributed by atoms with Gasteiger partial charge in [-0.25, -0.2) is 4.98 Å². The van der Waals surface area contributed by atoms with Crippen LogP contribution in [0.4, 0.5) is 0 Å². The number of thiazole rings is 1. The van der Waals surface area contributed by atoms with Crippen LogP contribution >= 0.6 is 11.3 Å². The van der Waals surface area contributed by atoms with E-state index in [4.69, 9.17) is 5.73 Å². The molecule has 17 heavy (non-hydrogen) atoms. The number of hydrogen-bond donors (Lipinski definition) is 1. The first-order valence-electron chi connectivity index (χ1n) is 5.75. The average molecular weight is 246 g/mol. The lowest BCUT2D eigenvalue weighted by Gasteiger charge is -2.12. The van der Waals surface area contributed by atoms with E-state index in [0.717, 1.165) is 10.7 Å². The predicted octanol–water partition coefficient (Wildman–Crippen LogP) is 3.42. The average Bonchev–Trinajstić information content (AvgIpc) is 2.58. The summed E-state index contributed by atoms with van der Waals surface area (Å²) in [6.45, 7) is 8.32. The maximum Gasteiger partial charge on any atom is 0.114 e. The van der Waals surface area contributed by atoms with E-state index in [1.54, 1.807) is 11.3 Å². The second-order valence-corrected chi connectivity index (χ2v) is 5.77. The molecule has 1 heterocycles. The van der Waals surface area contributed by atoms with Gasteiger partial charge in [-0.1, -0.05) is 23.8 Å². The van der Waals surface area contributed by atoms with Gasteiger partial charge in [0.05, 0.1) is 11.7 Å². The standard InChI is InChI=1S/C14H18N2S/c1-8-5-6-12(9(2)7-8)13(15)14-16-10(3)11(4)17-14/h5-7,13H,15H2,1-4H3. The number of benzene rings is 1. The van der Waals surface area contributed by atoms with Crippen LogP contribution in [0.2, 0.25) is 0 Å². The van der Waals surface area contributed by atoms with Crippen molar-refractivity contribution in [2.75, 3.05) is 0 Å². The molecule has 0 radical (unpaired) electrons. The lowest BCUT2D eigenvalue weighted by Crippen LogP contribution is -2.13. The van der Waals surface area contributed by atoms with Crippen LogP contribution in [0, 0.1) is 27.7 Å². The predicted molar refractivity (Wildman–Crippen MR) is 73.5 cm³/mol. The molecule has 2 aromatic rings. The van der Waals surface area contributed by atoms with Crippen LogP contribution < -0.4 is 5.73 Å². The molecule has 90 valence electrons. The lowest BCUT2D eigenvalue weighted by molar-refractivity contribution is 0.843. The molecule has 0 saturated heterocycles. The van der Waals surface area contributed by atoms with Gasteiger partial charge < -0.3 is 5.73 Å². The highest BCUT2D eigenvalue weighted by molar-refractivity contribution is 7.11. The summed E-state index contributed by atoms with van der Waals surface area (Å²) in [5.41, 5.74) is 11.1. The van der Waals surface area contributed by atoms with Gasteiger partial charge in [0.25, 0.3) is 0 Å². The van der Waals surface area contributed by atoms with Gasteiger partial charge in [-0.3, -0.25) is 0 Å². The van der Waals surface area contributed by atoms with Crippen LogP contribution in [0.3, 0.4) is 0 Å². The van der Waals surface area contributed by atoms with Crippen molar-refractivity contribution < 1.29 is 0 Å². The third-order valence-electron chi connectivity index (χ3n) is 3.07. The van der Waals surface area contributed by atoms with Crippen LogP contribution in [0.5, 0.6) is 0 Å². The lowest BCUT2D eigenvalue weighted by atomic mass is 10.0. The zero-order valence-corrected chi connectivity index (χ0v) is 11.6. The molecule has 0 aliphatic heterocycles. The molecule has 2 N–H and O–H groups in total. The highest BCUT2D eigenvalue weighted by Gasteiger charge is 2.16. The first kappa shape index (κ1) is 12.3. The zero-order valence-electron chi connectivity index (χ0n) is 10.7. The smallest absolute Gasteiger partial charge is 0.114 e. The maximum absolute atomic E-state index is 6.30. The van der Waals surface area contributed by atoms with Crippen LogP contribution in [-0.2, 0) is 0 Å². The molecular weight excluding hydrogens is 228 g/mol. The van der Waals surface area contributed by atoms with Crippen LogP contribution in [0.25, 0.3) is 0 Å². The summed E-state index contributed by atoms with van der Waals surface area (Å²) in [6, 6.07) is 6.28. The molecule has 0 bridgehead atoms. The number of rotatable bonds is 2. The van der Waals surface area contributed by atoms with Gasteiger partial charge in [-0.15, -0.1) is 11.3 Å². The SMILES string of the molecule is Cc1ccc(C(N)c2nc(C)c(C)s2)c(C)c1. The molecule has 1 aromatic carbocycles. The molecule has 1 aromatic heterocycles. The number of nitrogens with zero attached hydrogens (tertiary/aromatic N) is 1. The van der Waals surface area contributed by atoms with E-state index in [1.807, 2.05) is 6.92 Å². The first-order chi connectivity index (χ1) is 7.99. The van der Waals surface area contributed by atoms with Gasteiger partial charge in [0.2, 0.25) is 0 Å². The highest BCUT2D eigenvalue weighted by atomic mass is 32.1. The van der Waals surface area contributed by atoms with E-state index in [9.17, 15) is 0 Å². The third-order valence-corrected chi connectivity index (χ3v) is 4.23. The number of hydrogen-bond acceptors (Lipinski definition) is 3. The molecule has 3 heteroatoms. The van der Waals surface area contributed by atoms with Crippen molar-refractivity contribution in [3.05, 3.63) is 50.5 Å². The zero-order chi connectivity index (χ0) is 12.6. The molecule has 2 rings (SSSR count). The van der Waals surface area contributed by atoms with Gasteiger partial charge in [0, 0.05) is 4.88 Å². The Balaban J connectivity index is 2.39. The van der Waals surface area contributed by atoms with Crippen molar-refractivity contribution in [2.24, 2.45) is 5.73 Å². The van der Waals surface area contributed by atoms with E-state index in [1.165, 1.54) is 21.6 Å². The summed E-state index contributed by atoms with van der Waals surface area (Å²) in [5, 5.41) is 1.01. The van der Waals surface area contributed by atoms with Gasteiger partial charge in [-0.05, 0) is 38.8 Å². The topological polar surface area (TPSA) is 38.9 Å². The Morgan fingerprint density at radius 3 is 2.41 bits per heavy atom. The molecule has 0 saturated carbocycles. The van der Waals surface area contributed by atoms with Crippen LogP contribution in [0.1, 0.15) is 38.3 Å². The molecule has 0 aliphatic carbocycles.